The second-order valence-corrected chi connectivity index (χ2v) is 8.84. The predicted molar refractivity (Wildman–Crippen MR) is 97.8 cm³/mol. The van der Waals surface area contributed by atoms with Crippen molar-refractivity contribution in [3.05, 3.63) is 35.4 Å². The van der Waals surface area contributed by atoms with Crippen LogP contribution in [0.25, 0.3) is 0 Å². The Hall–Kier alpha value is -0.760. The van der Waals surface area contributed by atoms with Gasteiger partial charge in [0.25, 0.3) is 0 Å². The standard InChI is InChI=1S/C15H22N2O3S2.ClH/c1-22(19,20)11-13-5-3-2-4-12(13)9-17-15(18)8-14-10-21-7-6-16-14;/h2-5,14,16H,6-11H2,1H3,(H,17,18);1H. The fraction of sp³-hybridized carbons (Fsp3) is 0.533. The maximum atomic E-state index is 12.0. The highest BCUT2D eigenvalue weighted by molar-refractivity contribution is 7.99. The zero-order chi connectivity index (χ0) is 16.0. The Morgan fingerprint density at radius 2 is 2.04 bits per heavy atom. The second kappa shape index (κ2) is 9.52. The number of carbonyl (C=O) groups excluding carboxylic acids is 1. The van der Waals surface area contributed by atoms with Crippen LogP contribution in [0.5, 0.6) is 0 Å². The van der Waals surface area contributed by atoms with Gasteiger partial charge in [0.05, 0.1) is 5.75 Å². The molecule has 2 rings (SSSR count). The fourth-order valence-corrected chi connectivity index (χ4v) is 4.19. The van der Waals surface area contributed by atoms with E-state index in [1.54, 1.807) is 6.07 Å². The molecule has 1 saturated heterocycles. The van der Waals surface area contributed by atoms with Crippen molar-refractivity contribution in [2.45, 2.75) is 24.8 Å². The minimum absolute atomic E-state index is 0. The lowest BCUT2D eigenvalue weighted by Gasteiger charge is -2.22. The number of amides is 1. The van der Waals surface area contributed by atoms with Crippen molar-refractivity contribution in [2.75, 3.05) is 24.3 Å². The van der Waals surface area contributed by atoms with Gasteiger partial charge in [0.15, 0.2) is 9.84 Å². The van der Waals surface area contributed by atoms with Crippen LogP contribution in [0.3, 0.4) is 0 Å². The highest BCUT2D eigenvalue weighted by Gasteiger charge is 2.17. The average Bonchev–Trinajstić information content (AvgIpc) is 2.46. The normalized spacial score (nSPS) is 18.0. The zero-order valence-electron chi connectivity index (χ0n) is 13.1. The van der Waals surface area contributed by atoms with E-state index in [1.165, 1.54) is 6.26 Å². The van der Waals surface area contributed by atoms with E-state index >= 15 is 0 Å². The summed E-state index contributed by atoms with van der Waals surface area (Å²) in [5.41, 5.74) is 1.60. The number of hydrogen-bond acceptors (Lipinski definition) is 5. The summed E-state index contributed by atoms with van der Waals surface area (Å²) in [5.74, 6) is 2.05. The third-order valence-corrected chi connectivity index (χ3v) is 5.41. The van der Waals surface area contributed by atoms with E-state index in [1.807, 2.05) is 30.0 Å². The average molecular weight is 379 g/mol. The molecule has 1 aromatic carbocycles. The SMILES string of the molecule is CS(=O)(=O)Cc1ccccc1CNC(=O)CC1CSCCN1.Cl. The number of sulfone groups is 1. The summed E-state index contributed by atoms with van der Waals surface area (Å²) in [4.78, 5) is 12.0. The zero-order valence-corrected chi connectivity index (χ0v) is 15.5. The van der Waals surface area contributed by atoms with Gasteiger partial charge in [-0.3, -0.25) is 4.79 Å². The van der Waals surface area contributed by atoms with Gasteiger partial charge in [-0.05, 0) is 11.1 Å². The molecule has 1 atom stereocenters. The summed E-state index contributed by atoms with van der Waals surface area (Å²) in [6, 6.07) is 7.55. The van der Waals surface area contributed by atoms with E-state index in [9.17, 15) is 13.2 Å². The first-order valence-electron chi connectivity index (χ1n) is 7.26. The van der Waals surface area contributed by atoms with E-state index in [2.05, 4.69) is 10.6 Å². The smallest absolute Gasteiger partial charge is 0.221 e. The molecule has 2 N–H and O–H groups in total. The topological polar surface area (TPSA) is 75.3 Å². The first-order valence-corrected chi connectivity index (χ1v) is 10.5. The molecular weight excluding hydrogens is 356 g/mol. The lowest BCUT2D eigenvalue weighted by molar-refractivity contribution is -0.121. The Bertz CT molecular complexity index is 617. The van der Waals surface area contributed by atoms with Crippen LogP contribution in [-0.2, 0) is 26.9 Å². The van der Waals surface area contributed by atoms with Gasteiger partial charge in [-0.15, -0.1) is 12.4 Å². The lowest BCUT2D eigenvalue weighted by atomic mass is 10.1. The Morgan fingerprint density at radius 1 is 1.35 bits per heavy atom. The molecule has 0 bridgehead atoms. The molecule has 23 heavy (non-hydrogen) atoms. The third kappa shape index (κ3) is 7.56. The van der Waals surface area contributed by atoms with Crippen molar-refractivity contribution in [2.24, 2.45) is 0 Å². The van der Waals surface area contributed by atoms with E-state index in [0.717, 1.165) is 29.2 Å². The monoisotopic (exact) mass is 378 g/mol. The maximum Gasteiger partial charge on any atom is 0.221 e. The lowest BCUT2D eigenvalue weighted by Crippen LogP contribution is -2.41. The quantitative estimate of drug-likeness (QED) is 0.781. The predicted octanol–water partition coefficient (Wildman–Crippen LogP) is 1.36. The summed E-state index contributed by atoms with van der Waals surface area (Å²) in [6.07, 6.45) is 1.68. The largest absolute Gasteiger partial charge is 0.352 e. The van der Waals surface area contributed by atoms with E-state index in [-0.39, 0.29) is 30.1 Å². The molecule has 1 aliphatic heterocycles. The Labute approximate surface area is 148 Å². The first kappa shape index (κ1) is 20.3. The third-order valence-electron chi connectivity index (χ3n) is 3.44. The molecule has 0 aromatic heterocycles. The molecule has 130 valence electrons. The van der Waals surface area contributed by atoms with Gasteiger partial charge in [-0.2, -0.15) is 11.8 Å². The van der Waals surface area contributed by atoms with Crippen molar-refractivity contribution in [1.29, 1.82) is 0 Å². The molecule has 0 aliphatic carbocycles. The van der Waals surface area contributed by atoms with Crippen molar-refractivity contribution < 1.29 is 13.2 Å². The summed E-state index contributed by atoms with van der Waals surface area (Å²) in [6.45, 7) is 1.31. The molecule has 0 saturated carbocycles. The molecule has 0 radical (unpaired) electrons. The number of halogens is 1. The van der Waals surface area contributed by atoms with Gasteiger partial charge in [-0.25, -0.2) is 8.42 Å². The number of rotatable bonds is 6. The summed E-state index contributed by atoms with van der Waals surface area (Å²) in [7, 11) is -3.09. The summed E-state index contributed by atoms with van der Waals surface area (Å²) < 4.78 is 22.9. The van der Waals surface area contributed by atoms with Crippen LogP contribution in [0.2, 0.25) is 0 Å². The summed E-state index contributed by atoms with van der Waals surface area (Å²) in [5, 5.41) is 6.22. The second-order valence-electron chi connectivity index (χ2n) is 5.55. The fourth-order valence-electron chi connectivity index (χ4n) is 2.39. The van der Waals surface area contributed by atoms with Gasteiger partial charge in [0.2, 0.25) is 5.91 Å². The number of carbonyl (C=O) groups is 1. The first-order chi connectivity index (χ1) is 10.4. The van der Waals surface area contributed by atoms with Gasteiger partial charge in [-0.1, -0.05) is 24.3 Å². The molecule has 1 aromatic rings. The van der Waals surface area contributed by atoms with Gasteiger partial charge in [0.1, 0.15) is 0 Å². The van der Waals surface area contributed by atoms with Gasteiger partial charge >= 0.3 is 0 Å². The number of nitrogens with one attached hydrogen (secondary N) is 2. The van der Waals surface area contributed by atoms with Crippen molar-refractivity contribution in [3.8, 4) is 0 Å². The molecule has 1 heterocycles. The molecule has 1 aliphatic rings. The Balaban J connectivity index is 0.00000264. The Morgan fingerprint density at radius 3 is 2.65 bits per heavy atom. The molecular formula is C15H23ClN2O3S2. The minimum atomic E-state index is -3.09. The number of thioether (sulfide) groups is 1. The summed E-state index contributed by atoms with van der Waals surface area (Å²) >= 11 is 1.86. The maximum absolute atomic E-state index is 12.0. The molecule has 0 spiro atoms. The highest BCUT2D eigenvalue weighted by Crippen LogP contribution is 2.13. The highest BCUT2D eigenvalue weighted by atomic mass is 35.5. The van der Waals surface area contributed by atoms with Crippen LogP contribution < -0.4 is 10.6 Å². The van der Waals surface area contributed by atoms with Crippen molar-refractivity contribution in [3.63, 3.8) is 0 Å². The number of benzene rings is 1. The molecule has 1 unspecified atom stereocenters. The van der Waals surface area contributed by atoms with Crippen molar-refractivity contribution >= 4 is 39.9 Å². The van der Waals surface area contributed by atoms with E-state index in [0.29, 0.717) is 13.0 Å². The molecule has 5 nitrogen and oxygen atoms in total. The molecule has 8 heteroatoms. The molecule has 1 fully saturated rings. The van der Waals surface area contributed by atoms with Gasteiger partial charge < -0.3 is 10.6 Å². The minimum Gasteiger partial charge on any atom is -0.352 e. The van der Waals surface area contributed by atoms with Crippen LogP contribution in [-0.4, -0.2) is 44.7 Å². The van der Waals surface area contributed by atoms with Crippen LogP contribution in [0.15, 0.2) is 24.3 Å². The van der Waals surface area contributed by atoms with Crippen LogP contribution in [0, 0.1) is 0 Å². The molecule has 1 amide bonds. The van der Waals surface area contributed by atoms with E-state index in [4.69, 9.17) is 0 Å². The van der Waals surface area contributed by atoms with Crippen molar-refractivity contribution in [1.82, 2.24) is 10.6 Å². The van der Waals surface area contributed by atoms with E-state index < -0.39 is 9.84 Å². The van der Waals surface area contributed by atoms with Crippen LogP contribution in [0.4, 0.5) is 0 Å². The van der Waals surface area contributed by atoms with Gasteiger partial charge in [0, 0.05) is 43.3 Å². The number of hydrogen-bond donors (Lipinski definition) is 2. The van der Waals surface area contributed by atoms with Crippen LogP contribution >= 0.6 is 24.2 Å². The van der Waals surface area contributed by atoms with Crippen LogP contribution in [0.1, 0.15) is 17.5 Å². The Kier molecular flexibility index (Phi) is 8.39.